The second kappa shape index (κ2) is 12.3. The molecule has 1 aliphatic heterocycles. The molecular weight excluding hydrogens is 570 g/mol. The summed E-state index contributed by atoms with van der Waals surface area (Å²) in [6.07, 6.45) is -7.80. The van der Waals surface area contributed by atoms with Gasteiger partial charge in [-0.2, -0.15) is 26.3 Å². The number of anilines is 1. The van der Waals surface area contributed by atoms with Crippen LogP contribution in [0, 0.1) is 0 Å². The first-order chi connectivity index (χ1) is 19.7. The van der Waals surface area contributed by atoms with Crippen LogP contribution in [0.2, 0.25) is 0 Å². The number of carbonyl (C=O) groups excluding carboxylic acids is 2. The normalized spacial score (nSPS) is 18.5. The van der Waals surface area contributed by atoms with E-state index in [-0.39, 0.29) is 24.7 Å². The third kappa shape index (κ3) is 6.87. The number of amides is 1. The molecule has 1 amide bonds. The van der Waals surface area contributed by atoms with Gasteiger partial charge in [0.1, 0.15) is 0 Å². The van der Waals surface area contributed by atoms with Gasteiger partial charge in [0.2, 0.25) is 0 Å². The first kappa shape index (κ1) is 31.3. The highest BCUT2D eigenvalue weighted by Crippen LogP contribution is 2.44. The van der Waals surface area contributed by atoms with Crippen molar-refractivity contribution < 1.29 is 50.2 Å². The largest absolute Gasteiger partial charge is 0.533 e. The number of hydrogen-bond donors (Lipinski definition) is 0. The predicted octanol–water partition coefficient (Wildman–Crippen LogP) is 7.99. The molecular formula is C29H32F6N2O5. The van der Waals surface area contributed by atoms with Crippen LogP contribution in [-0.2, 0) is 46.1 Å². The smallest absolute Gasteiger partial charge is 0.453 e. The predicted molar refractivity (Wildman–Crippen MR) is 140 cm³/mol. The highest BCUT2D eigenvalue weighted by molar-refractivity contribution is 5.71. The number of hydrogen-bond acceptors (Lipinski definition) is 6. The molecule has 2 aliphatic rings. The van der Waals surface area contributed by atoms with Crippen molar-refractivity contribution in [3.63, 3.8) is 0 Å². The third-order valence-electron chi connectivity index (χ3n) is 7.43. The first-order valence-corrected chi connectivity index (χ1v) is 13.7. The molecule has 2 atom stereocenters. The molecule has 2 aromatic carbocycles. The summed E-state index contributed by atoms with van der Waals surface area (Å²) in [5, 5.41) is 1.39. The van der Waals surface area contributed by atoms with Crippen LogP contribution in [0.5, 0.6) is 0 Å². The summed E-state index contributed by atoms with van der Waals surface area (Å²) in [6, 6.07) is 3.62. The Bertz CT molecular complexity index is 1280. The van der Waals surface area contributed by atoms with Crippen molar-refractivity contribution >= 4 is 17.9 Å². The number of halogens is 6. The van der Waals surface area contributed by atoms with E-state index in [1.165, 1.54) is 5.06 Å². The summed E-state index contributed by atoms with van der Waals surface area (Å²) in [6.45, 7) is 3.11. The summed E-state index contributed by atoms with van der Waals surface area (Å²) >= 11 is 0. The molecule has 2 aromatic rings. The number of nitrogens with zero attached hydrogens (tertiary/aromatic N) is 2. The Balaban J connectivity index is 1.80. The highest BCUT2D eigenvalue weighted by Gasteiger charge is 2.41. The van der Waals surface area contributed by atoms with Crippen LogP contribution in [0.1, 0.15) is 79.0 Å². The number of methoxy groups -OCH3 is 1. The van der Waals surface area contributed by atoms with Gasteiger partial charge in [-0.15, -0.1) is 0 Å². The molecule has 13 heteroatoms. The standard InChI is InChI=1S/C29H32F6N2O5/c1-4-9-41-27(39)42-37-17(2)10-24(23-13-19-7-5-6-8-20(19)14-25(23)37)36(26(38)40-3)16-18-11-21(28(30,31)32)15-22(12-18)29(33,34)35/h11-15,17,24H,4-10,16H2,1-3H3/t17-,24+/m1/s1. The second-order valence-electron chi connectivity index (χ2n) is 10.5. The summed E-state index contributed by atoms with van der Waals surface area (Å²) in [5.41, 5.74) is -0.289. The number of aryl methyl sites for hydroxylation is 2. The van der Waals surface area contributed by atoms with Gasteiger partial charge in [0, 0.05) is 12.1 Å². The number of fused-ring (bicyclic) bond motifs is 2. The summed E-state index contributed by atoms with van der Waals surface area (Å²) in [7, 11) is 1.09. The van der Waals surface area contributed by atoms with Gasteiger partial charge in [0.25, 0.3) is 0 Å². The lowest BCUT2D eigenvalue weighted by atomic mass is 9.84. The molecule has 0 bridgehead atoms. The van der Waals surface area contributed by atoms with Crippen molar-refractivity contribution in [2.45, 2.75) is 83.4 Å². The average molecular weight is 603 g/mol. The molecule has 7 nitrogen and oxygen atoms in total. The van der Waals surface area contributed by atoms with Gasteiger partial charge in [-0.25, -0.2) is 14.7 Å². The highest BCUT2D eigenvalue weighted by atomic mass is 19.4. The number of rotatable bonds is 6. The molecule has 42 heavy (non-hydrogen) atoms. The van der Waals surface area contributed by atoms with Gasteiger partial charge < -0.3 is 14.3 Å². The fraction of sp³-hybridized carbons (Fsp3) is 0.517. The molecule has 0 radical (unpaired) electrons. The van der Waals surface area contributed by atoms with Gasteiger partial charge >= 0.3 is 24.6 Å². The quantitative estimate of drug-likeness (QED) is 0.247. The Kier molecular flexibility index (Phi) is 9.17. The van der Waals surface area contributed by atoms with Gasteiger partial charge in [-0.05, 0) is 86.4 Å². The van der Waals surface area contributed by atoms with E-state index in [0.717, 1.165) is 48.8 Å². The third-order valence-corrected chi connectivity index (χ3v) is 7.43. The van der Waals surface area contributed by atoms with E-state index in [1.807, 2.05) is 19.1 Å². The molecule has 1 aliphatic carbocycles. The van der Waals surface area contributed by atoms with E-state index in [4.69, 9.17) is 14.3 Å². The van der Waals surface area contributed by atoms with Gasteiger partial charge in [0.15, 0.2) is 0 Å². The van der Waals surface area contributed by atoms with Crippen molar-refractivity contribution in [2.24, 2.45) is 0 Å². The molecule has 0 unspecified atom stereocenters. The molecule has 4 rings (SSSR count). The molecule has 0 fully saturated rings. The van der Waals surface area contributed by atoms with Gasteiger partial charge in [0.05, 0.1) is 42.6 Å². The maximum Gasteiger partial charge on any atom is 0.533 e. The van der Waals surface area contributed by atoms with E-state index < -0.39 is 54.4 Å². The van der Waals surface area contributed by atoms with Gasteiger partial charge in [-0.3, -0.25) is 4.90 Å². The Morgan fingerprint density at radius 1 is 0.952 bits per heavy atom. The summed E-state index contributed by atoms with van der Waals surface area (Å²) < 4.78 is 91.4. The zero-order valence-electron chi connectivity index (χ0n) is 23.4. The number of carbonyl (C=O) groups is 2. The minimum atomic E-state index is -5.04. The molecule has 0 saturated heterocycles. The van der Waals surface area contributed by atoms with Crippen molar-refractivity contribution in [2.75, 3.05) is 18.8 Å². The van der Waals surface area contributed by atoms with Crippen molar-refractivity contribution in [1.82, 2.24) is 4.90 Å². The topological polar surface area (TPSA) is 68.3 Å². The zero-order chi connectivity index (χ0) is 30.8. The van der Waals surface area contributed by atoms with Crippen LogP contribution >= 0.6 is 0 Å². The lowest BCUT2D eigenvalue weighted by Crippen LogP contribution is -2.46. The first-order valence-electron chi connectivity index (χ1n) is 13.7. The Morgan fingerprint density at radius 3 is 2.10 bits per heavy atom. The fourth-order valence-corrected chi connectivity index (χ4v) is 5.49. The monoisotopic (exact) mass is 602 g/mol. The zero-order valence-corrected chi connectivity index (χ0v) is 23.4. The van der Waals surface area contributed by atoms with E-state index in [9.17, 15) is 35.9 Å². The Labute approximate surface area is 239 Å². The second-order valence-corrected chi connectivity index (χ2v) is 10.5. The fourth-order valence-electron chi connectivity index (χ4n) is 5.49. The maximum absolute atomic E-state index is 13.6. The SMILES string of the molecule is CCCOC(=O)ON1c2cc3c(cc2[C@@H](N(Cc2cc(C(F)(F)F)cc(C(F)(F)F)c2)C(=O)OC)C[C@H]1C)CCCC3. The van der Waals surface area contributed by atoms with Crippen molar-refractivity contribution in [1.29, 1.82) is 0 Å². The van der Waals surface area contributed by atoms with Crippen LogP contribution in [0.25, 0.3) is 0 Å². The summed E-state index contributed by atoms with van der Waals surface area (Å²) in [4.78, 5) is 32.2. The molecule has 0 N–H and O–H groups in total. The van der Waals surface area contributed by atoms with Gasteiger partial charge in [-0.1, -0.05) is 13.0 Å². The van der Waals surface area contributed by atoms with Crippen LogP contribution in [0.4, 0.5) is 41.6 Å². The number of benzene rings is 2. The molecule has 0 aromatic heterocycles. The maximum atomic E-state index is 13.6. The minimum absolute atomic E-state index is 0.0447. The molecule has 0 saturated carbocycles. The van der Waals surface area contributed by atoms with Crippen LogP contribution in [-0.4, -0.2) is 36.9 Å². The molecule has 0 spiro atoms. The van der Waals surface area contributed by atoms with E-state index >= 15 is 0 Å². The van der Waals surface area contributed by atoms with E-state index in [0.29, 0.717) is 29.8 Å². The Hall–Kier alpha value is -3.64. The number of hydroxylamine groups is 1. The van der Waals surface area contributed by atoms with Crippen LogP contribution in [0.15, 0.2) is 30.3 Å². The lowest BCUT2D eigenvalue weighted by Gasteiger charge is -2.43. The molecule has 1 heterocycles. The number of alkyl halides is 6. The van der Waals surface area contributed by atoms with E-state index in [1.54, 1.807) is 6.92 Å². The number of ether oxygens (including phenoxy) is 2. The van der Waals surface area contributed by atoms with E-state index in [2.05, 4.69) is 0 Å². The molecule has 230 valence electrons. The Morgan fingerprint density at radius 2 is 1.55 bits per heavy atom. The summed E-state index contributed by atoms with van der Waals surface area (Å²) in [5.74, 6) is 0. The average Bonchev–Trinajstić information content (AvgIpc) is 2.94. The van der Waals surface area contributed by atoms with Crippen LogP contribution in [0.3, 0.4) is 0 Å². The van der Waals surface area contributed by atoms with Crippen molar-refractivity contribution in [3.8, 4) is 0 Å². The lowest BCUT2D eigenvalue weighted by molar-refractivity contribution is -0.143. The van der Waals surface area contributed by atoms with Crippen LogP contribution < -0.4 is 5.06 Å². The minimum Gasteiger partial charge on any atom is -0.453 e. The van der Waals surface area contributed by atoms with Crippen molar-refractivity contribution in [3.05, 3.63) is 63.7 Å².